The first-order valence-electron chi connectivity index (χ1n) is 6.48. The first kappa shape index (κ1) is 15.3. The Balaban J connectivity index is 2.27. The number of benzene rings is 1. The third-order valence-electron chi connectivity index (χ3n) is 3.57. The number of rotatable bonds is 2. The molecule has 0 saturated carbocycles. The molecular weight excluding hydrogens is 283 g/mol. The van der Waals surface area contributed by atoms with Gasteiger partial charge in [0, 0.05) is 6.04 Å². The van der Waals surface area contributed by atoms with Crippen molar-refractivity contribution in [1.82, 2.24) is 5.32 Å². The second-order valence-corrected chi connectivity index (χ2v) is 5.00. The molecule has 4 nitrogen and oxygen atoms in total. The lowest BCUT2D eigenvalue weighted by Gasteiger charge is -2.18. The summed E-state index contributed by atoms with van der Waals surface area (Å²) in [6.45, 7) is 2.49. The third-order valence-corrected chi connectivity index (χ3v) is 3.57. The Hall–Kier alpha value is -2.07. The van der Waals surface area contributed by atoms with Gasteiger partial charge in [0.15, 0.2) is 0 Å². The van der Waals surface area contributed by atoms with Gasteiger partial charge in [0.05, 0.1) is 28.8 Å². The summed E-state index contributed by atoms with van der Waals surface area (Å²) in [5.74, 6) is -0.801. The fourth-order valence-corrected chi connectivity index (χ4v) is 2.40. The second-order valence-electron chi connectivity index (χ2n) is 5.00. The zero-order valence-corrected chi connectivity index (χ0v) is 11.3. The molecule has 1 saturated heterocycles. The van der Waals surface area contributed by atoms with E-state index in [1.54, 1.807) is 6.07 Å². The molecule has 1 aliphatic rings. The first-order chi connectivity index (χ1) is 9.82. The molecule has 0 aliphatic carbocycles. The maximum absolute atomic E-state index is 13.0. The number of amides is 1. The number of carbonyl (C=O) groups excluding carboxylic acids is 1. The second kappa shape index (κ2) is 5.74. The lowest BCUT2D eigenvalue weighted by molar-refractivity contribution is -0.137. The fourth-order valence-electron chi connectivity index (χ4n) is 2.40. The highest BCUT2D eigenvalue weighted by Crippen LogP contribution is 2.35. The Morgan fingerprint density at radius 3 is 2.71 bits per heavy atom. The van der Waals surface area contributed by atoms with Crippen LogP contribution in [0.3, 0.4) is 0 Å². The van der Waals surface area contributed by atoms with Crippen LogP contribution in [0.15, 0.2) is 18.2 Å². The molecule has 1 aliphatic heterocycles. The summed E-state index contributed by atoms with van der Waals surface area (Å²) in [7, 11) is 0. The van der Waals surface area contributed by atoms with Gasteiger partial charge in [-0.15, -0.1) is 0 Å². The van der Waals surface area contributed by atoms with Crippen LogP contribution in [0, 0.1) is 17.2 Å². The molecule has 1 aromatic carbocycles. The topological polar surface area (TPSA) is 64.9 Å². The number of carbonyl (C=O) groups is 1. The van der Waals surface area contributed by atoms with Crippen molar-refractivity contribution in [2.45, 2.75) is 25.6 Å². The Labute approximate surface area is 119 Å². The predicted molar refractivity (Wildman–Crippen MR) is 70.4 cm³/mol. The van der Waals surface area contributed by atoms with Crippen molar-refractivity contribution in [3.63, 3.8) is 0 Å². The summed E-state index contributed by atoms with van der Waals surface area (Å²) in [5.41, 5.74) is -1.42. The Bertz CT molecular complexity index is 592. The molecule has 0 radical (unpaired) electrons. The van der Waals surface area contributed by atoms with Crippen molar-refractivity contribution in [3.05, 3.63) is 29.3 Å². The first-order valence-corrected chi connectivity index (χ1v) is 6.48. The van der Waals surface area contributed by atoms with Crippen molar-refractivity contribution < 1.29 is 18.0 Å². The van der Waals surface area contributed by atoms with Crippen molar-refractivity contribution in [2.75, 3.05) is 11.9 Å². The number of hydrogen-bond donors (Lipinski definition) is 2. The molecular formula is C14H14F3N3O. The molecule has 2 atom stereocenters. The molecule has 1 fully saturated rings. The Morgan fingerprint density at radius 2 is 2.19 bits per heavy atom. The van der Waals surface area contributed by atoms with Crippen molar-refractivity contribution >= 4 is 11.6 Å². The molecule has 2 N–H and O–H groups in total. The maximum atomic E-state index is 13.0. The number of nitrogens with zero attached hydrogens (tertiary/aromatic N) is 1. The van der Waals surface area contributed by atoms with Gasteiger partial charge in [0.2, 0.25) is 5.91 Å². The summed E-state index contributed by atoms with van der Waals surface area (Å²) in [4.78, 5) is 12.1. The lowest BCUT2D eigenvalue weighted by atomic mass is 10.0. The van der Waals surface area contributed by atoms with Gasteiger partial charge >= 0.3 is 6.18 Å². The average Bonchev–Trinajstić information content (AvgIpc) is 2.84. The molecule has 2 rings (SSSR count). The van der Waals surface area contributed by atoms with Gasteiger partial charge in [0.1, 0.15) is 0 Å². The van der Waals surface area contributed by atoms with Crippen LogP contribution in [0.4, 0.5) is 18.9 Å². The summed E-state index contributed by atoms with van der Waals surface area (Å²) >= 11 is 0. The van der Waals surface area contributed by atoms with Crippen LogP contribution in [0.1, 0.15) is 24.5 Å². The quantitative estimate of drug-likeness (QED) is 0.881. The minimum atomic E-state index is -4.63. The number of alkyl halides is 3. The van der Waals surface area contributed by atoms with Gasteiger partial charge < -0.3 is 10.6 Å². The minimum absolute atomic E-state index is 0.0716. The standard InChI is InChI=1S/C14H14F3N3O/c1-8-10(4-5-19-8)13(21)20-12-3-2-9(7-18)6-11(12)14(15,16)17/h2-3,6,8,10,19H,4-5H2,1H3,(H,20,21). The fraction of sp³-hybridized carbons (Fsp3) is 0.429. The van der Waals surface area contributed by atoms with Crippen molar-refractivity contribution in [2.24, 2.45) is 5.92 Å². The maximum Gasteiger partial charge on any atom is 0.418 e. The van der Waals surface area contributed by atoms with Gasteiger partial charge in [-0.3, -0.25) is 4.79 Å². The SMILES string of the molecule is CC1NCCC1C(=O)Nc1ccc(C#N)cc1C(F)(F)F. The van der Waals surface area contributed by atoms with Crippen LogP contribution in [0.5, 0.6) is 0 Å². The highest BCUT2D eigenvalue weighted by molar-refractivity contribution is 5.94. The van der Waals surface area contributed by atoms with Crippen LogP contribution in [0.25, 0.3) is 0 Å². The van der Waals surface area contributed by atoms with Gasteiger partial charge in [-0.1, -0.05) is 0 Å². The van der Waals surface area contributed by atoms with Gasteiger partial charge in [-0.05, 0) is 38.1 Å². The van der Waals surface area contributed by atoms with Crippen LogP contribution in [-0.2, 0) is 11.0 Å². The van der Waals surface area contributed by atoms with Gasteiger partial charge in [0.25, 0.3) is 0 Å². The van der Waals surface area contributed by atoms with Crippen LogP contribution in [0.2, 0.25) is 0 Å². The van der Waals surface area contributed by atoms with E-state index in [1.165, 1.54) is 6.07 Å². The molecule has 0 bridgehead atoms. The minimum Gasteiger partial charge on any atom is -0.325 e. The van der Waals surface area contributed by atoms with Crippen molar-refractivity contribution in [1.29, 1.82) is 5.26 Å². The summed E-state index contributed by atoms with van der Waals surface area (Å²) in [6, 6.07) is 4.70. The van der Waals surface area contributed by atoms with Crippen molar-refractivity contribution in [3.8, 4) is 6.07 Å². The lowest BCUT2D eigenvalue weighted by Crippen LogP contribution is -2.32. The van der Waals surface area contributed by atoms with E-state index in [9.17, 15) is 18.0 Å². The highest BCUT2D eigenvalue weighted by atomic mass is 19.4. The van der Waals surface area contributed by atoms with Crippen LogP contribution in [-0.4, -0.2) is 18.5 Å². The third kappa shape index (κ3) is 3.34. The number of anilines is 1. The van der Waals surface area contributed by atoms with E-state index < -0.39 is 17.6 Å². The summed E-state index contributed by atoms with van der Waals surface area (Å²) in [5, 5.41) is 14.1. The van der Waals surface area contributed by atoms with E-state index in [1.807, 2.05) is 6.92 Å². The van der Waals surface area contributed by atoms with E-state index in [-0.39, 0.29) is 23.2 Å². The number of hydrogen-bond acceptors (Lipinski definition) is 3. The molecule has 0 aromatic heterocycles. The molecule has 2 unspecified atom stereocenters. The molecule has 1 heterocycles. The highest BCUT2D eigenvalue weighted by Gasteiger charge is 2.36. The Kier molecular flexibility index (Phi) is 4.19. The predicted octanol–water partition coefficient (Wildman–Crippen LogP) is 2.51. The zero-order valence-electron chi connectivity index (χ0n) is 11.3. The Morgan fingerprint density at radius 1 is 1.48 bits per heavy atom. The van der Waals surface area contributed by atoms with E-state index in [4.69, 9.17) is 5.26 Å². The van der Waals surface area contributed by atoms with Gasteiger partial charge in [-0.25, -0.2) is 0 Å². The van der Waals surface area contributed by atoms with E-state index in [0.717, 1.165) is 12.1 Å². The largest absolute Gasteiger partial charge is 0.418 e. The number of nitrogens with one attached hydrogen (secondary N) is 2. The van der Waals surface area contributed by atoms with E-state index >= 15 is 0 Å². The van der Waals surface area contributed by atoms with Crippen LogP contribution < -0.4 is 10.6 Å². The van der Waals surface area contributed by atoms with Gasteiger partial charge in [-0.2, -0.15) is 18.4 Å². The van der Waals surface area contributed by atoms with E-state index in [0.29, 0.717) is 13.0 Å². The zero-order chi connectivity index (χ0) is 15.6. The summed E-state index contributed by atoms with van der Waals surface area (Å²) in [6.07, 6.45) is -4.04. The number of nitriles is 1. The molecule has 0 spiro atoms. The molecule has 21 heavy (non-hydrogen) atoms. The molecule has 7 heteroatoms. The van der Waals surface area contributed by atoms with Crippen LogP contribution >= 0.6 is 0 Å². The monoisotopic (exact) mass is 297 g/mol. The smallest absolute Gasteiger partial charge is 0.325 e. The molecule has 1 aromatic rings. The average molecular weight is 297 g/mol. The van der Waals surface area contributed by atoms with E-state index in [2.05, 4.69) is 10.6 Å². The molecule has 112 valence electrons. The number of halogens is 3. The molecule has 1 amide bonds. The summed E-state index contributed by atoms with van der Waals surface area (Å²) < 4.78 is 39.0. The normalized spacial score (nSPS) is 21.9.